The number of ketones is 1. The SMILES string of the molecule is O=C1c2ccccc2C2(c3ccc[c-]c3-c3ncccc32)c2ccccc21.[Ir]. The second kappa shape index (κ2) is 6.07. The Balaban J connectivity index is 0.00000171. The summed E-state index contributed by atoms with van der Waals surface area (Å²) in [6, 6.07) is 29.6. The zero-order valence-electron chi connectivity index (χ0n) is 14.8. The van der Waals surface area contributed by atoms with Crippen LogP contribution in [0.5, 0.6) is 0 Å². The van der Waals surface area contributed by atoms with Crippen LogP contribution < -0.4 is 0 Å². The Morgan fingerprint density at radius 3 is 2.04 bits per heavy atom. The number of pyridine rings is 1. The first-order chi connectivity index (χ1) is 13.3. The van der Waals surface area contributed by atoms with E-state index in [4.69, 9.17) is 4.98 Å². The minimum atomic E-state index is -0.530. The largest absolute Gasteiger partial charge is 0.304 e. The Kier molecular flexibility index (Phi) is 3.74. The predicted molar refractivity (Wildman–Crippen MR) is 104 cm³/mol. The van der Waals surface area contributed by atoms with Crippen LogP contribution in [0.2, 0.25) is 0 Å². The summed E-state index contributed by atoms with van der Waals surface area (Å²) in [5, 5.41) is 0. The first-order valence-corrected chi connectivity index (χ1v) is 9.04. The average Bonchev–Trinajstić information content (AvgIpc) is 3.04. The van der Waals surface area contributed by atoms with E-state index in [0.717, 1.165) is 44.6 Å². The molecule has 1 heterocycles. The number of nitrogens with zero attached hydrogens (tertiary/aromatic N) is 1. The van der Waals surface area contributed by atoms with Crippen molar-refractivity contribution in [2.45, 2.75) is 5.41 Å². The van der Waals surface area contributed by atoms with Gasteiger partial charge in [0.05, 0.1) is 0 Å². The van der Waals surface area contributed by atoms with Crippen LogP contribution >= 0.6 is 0 Å². The second-order valence-corrected chi connectivity index (χ2v) is 7.03. The Morgan fingerprint density at radius 1 is 0.714 bits per heavy atom. The quantitative estimate of drug-likeness (QED) is 0.262. The van der Waals surface area contributed by atoms with Gasteiger partial charge >= 0.3 is 0 Å². The third-order valence-corrected chi connectivity index (χ3v) is 5.86. The molecule has 0 bridgehead atoms. The van der Waals surface area contributed by atoms with Gasteiger partial charge in [-0.25, -0.2) is 0 Å². The monoisotopic (exact) mass is 537 g/mol. The van der Waals surface area contributed by atoms with Gasteiger partial charge in [-0.15, -0.1) is 35.4 Å². The predicted octanol–water partition coefficient (Wildman–Crippen LogP) is 4.79. The number of hydrogen-bond acceptors (Lipinski definition) is 2. The topological polar surface area (TPSA) is 30.0 Å². The molecule has 1 radical (unpaired) electrons. The molecule has 3 aromatic carbocycles. The zero-order chi connectivity index (χ0) is 18.0. The fourth-order valence-electron chi connectivity index (χ4n) is 4.88. The van der Waals surface area contributed by atoms with Gasteiger partial charge in [0.25, 0.3) is 0 Å². The summed E-state index contributed by atoms with van der Waals surface area (Å²) in [5.41, 5.74) is 7.30. The second-order valence-electron chi connectivity index (χ2n) is 7.03. The summed E-state index contributed by atoms with van der Waals surface area (Å²) in [4.78, 5) is 17.9. The van der Waals surface area contributed by atoms with Crippen LogP contribution in [-0.4, -0.2) is 10.8 Å². The molecule has 6 rings (SSSR count). The fraction of sp³-hybridized carbons (Fsp3) is 0.0400. The minimum Gasteiger partial charge on any atom is -0.304 e. The molecule has 135 valence electrons. The van der Waals surface area contributed by atoms with Crippen LogP contribution in [0.15, 0.2) is 85.1 Å². The third-order valence-electron chi connectivity index (χ3n) is 5.86. The Labute approximate surface area is 176 Å². The number of aromatic nitrogens is 1. The molecule has 2 aliphatic rings. The summed E-state index contributed by atoms with van der Waals surface area (Å²) in [5.74, 6) is 0.0885. The van der Waals surface area contributed by atoms with Crippen LogP contribution in [-0.2, 0) is 25.5 Å². The summed E-state index contributed by atoms with van der Waals surface area (Å²) in [7, 11) is 0. The number of carbonyl (C=O) groups is 1. The van der Waals surface area contributed by atoms with E-state index < -0.39 is 5.41 Å². The Hall–Kier alpha value is -2.87. The van der Waals surface area contributed by atoms with Crippen molar-refractivity contribution in [2.24, 2.45) is 0 Å². The smallest absolute Gasteiger partial charge is 0.193 e. The Bertz CT molecular complexity index is 1160. The molecule has 0 N–H and O–H groups in total. The molecule has 0 fully saturated rings. The number of benzene rings is 3. The van der Waals surface area contributed by atoms with Gasteiger partial charge in [-0.1, -0.05) is 60.2 Å². The number of rotatable bonds is 0. The van der Waals surface area contributed by atoms with Crippen molar-refractivity contribution in [3.63, 3.8) is 0 Å². The molecule has 0 unspecified atom stereocenters. The van der Waals surface area contributed by atoms with Crippen molar-refractivity contribution >= 4 is 5.78 Å². The molecule has 28 heavy (non-hydrogen) atoms. The van der Waals surface area contributed by atoms with Gasteiger partial charge in [0, 0.05) is 42.8 Å². The molecule has 1 spiro atoms. The molecule has 2 nitrogen and oxygen atoms in total. The first kappa shape index (κ1) is 17.2. The number of hydrogen-bond donors (Lipinski definition) is 0. The maximum atomic E-state index is 13.2. The molecular weight excluding hydrogens is 522 g/mol. The van der Waals surface area contributed by atoms with Crippen molar-refractivity contribution in [1.29, 1.82) is 0 Å². The van der Waals surface area contributed by atoms with Crippen LogP contribution in [0.25, 0.3) is 11.3 Å². The fourth-order valence-corrected chi connectivity index (χ4v) is 4.88. The van der Waals surface area contributed by atoms with E-state index in [-0.39, 0.29) is 25.9 Å². The van der Waals surface area contributed by atoms with E-state index in [9.17, 15) is 4.79 Å². The first-order valence-electron chi connectivity index (χ1n) is 9.04. The van der Waals surface area contributed by atoms with Gasteiger partial charge in [0.1, 0.15) is 0 Å². The minimum absolute atomic E-state index is 0. The Morgan fingerprint density at radius 2 is 1.32 bits per heavy atom. The summed E-state index contributed by atoms with van der Waals surface area (Å²) >= 11 is 0. The van der Waals surface area contributed by atoms with E-state index in [1.165, 1.54) is 0 Å². The van der Waals surface area contributed by atoms with Crippen molar-refractivity contribution < 1.29 is 24.9 Å². The molecule has 1 aromatic heterocycles. The summed E-state index contributed by atoms with van der Waals surface area (Å²) < 4.78 is 0. The zero-order valence-corrected chi connectivity index (χ0v) is 17.2. The average molecular weight is 537 g/mol. The summed E-state index contributed by atoms with van der Waals surface area (Å²) in [6.07, 6.45) is 1.83. The molecule has 3 heteroatoms. The molecule has 2 aliphatic carbocycles. The molecule has 0 aliphatic heterocycles. The standard InChI is InChI=1S/C25H14NO.Ir/c27-24-17-9-2-5-12-20(17)25(21-13-6-3-10-18(21)24)19-11-4-1-8-16(19)23-22(25)14-7-15-26-23;/h1-7,9-15H;/q-1;. The van der Waals surface area contributed by atoms with Gasteiger partial charge in [-0.3, -0.25) is 4.79 Å². The maximum absolute atomic E-state index is 13.2. The normalized spacial score (nSPS) is 14.5. The van der Waals surface area contributed by atoms with Gasteiger partial charge in [-0.2, -0.15) is 0 Å². The summed E-state index contributed by atoms with van der Waals surface area (Å²) in [6.45, 7) is 0. The van der Waals surface area contributed by atoms with Gasteiger partial charge in [0.15, 0.2) is 5.78 Å². The van der Waals surface area contributed by atoms with Gasteiger partial charge in [-0.05, 0) is 22.9 Å². The maximum Gasteiger partial charge on any atom is 0.193 e. The van der Waals surface area contributed by atoms with Crippen molar-refractivity contribution in [3.8, 4) is 11.3 Å². The van der Waals surface area contributed by atoms with Crippen molar-refractivity contribution in [3.05, 3.63) is 125 Å². The van der Waals surface area contributed by atoms with Crippen molar-refractivity contribution in [1.82, 2.24) is 4.98 Å². The van der Waals surface area contributed by atoms with Crippen LogP contribution in [0, 0.1) is 6.07 Å². The molecule has 0 atom stereocenters. The van der Waals surface area contributed by atoms with Crippen LogP contribution in [0.1, 0.15) is 38.2 Å². The molecule has 0 amide bonds. The number of carbonyl (C=O) groups excluding carboxylic acids is 1. The van der Waals surface area contributed by atoms with E-state index in [1.54, 1.807) is 0 Å². The van der Waals surface area contributed by atoms with E-state index in [2.05, 4.69) is 30.3 Å². The van der Waals surface area contributed by atoms with E-state index >= 15 is 0 Å². The van der Waals surface area contributed by atoms with E-state index in [0.29, 0.717) is 0 Å². The van der Waals surface area contributed by atoms with E-state index in [1.807, 2.05) is 60.8 Å². The van der Waals surface area contributed by atoms with Crippen LogP contribution in [0.3, 0.4) is 0 Å². The van der Waals surface area contributed by atoms with Gasteiger partial charge in [0.2, 0.25) is 0 Å². The molecule has 0 saturated heterocycles. The van der Waals surface area contributed by atoms with Gasteiger partial charge < -0.3 is 4.98 Å². The molecule has 0 saturated carbocycles. The molecular formula is C25H14IrNO-. The van der Waals surface area contributed by atoms with Crippen LogP contribution in [0.4, 0.5) is 0 Å². The number of fused-ring (bicyclic) bond motifs is 9. The third kappa shape index (κ3) is 1.90. The molecule has 4 aromatic rings. The van der Waals surface area contributed by atoms with Crippen molar-refractivity contribution in [2.75, 3.05) is 0 Å².